The van der Waals surface area contributed by atoms with Crippen molar-refractivity contribution >= 4 is 23.3 Å². The molecule has 0 aliphatic rings. The van der Waals surface area contributed by atoms with Crippen LogP contribution in [0.5, 0.6) is 0 Å². The maximum Gasteiger partial charge on any atom is 0.339 e. The minimum atomic E-state index is -0.472. The second-order valence-electron chi connectivity index (χ2n) is 4.63. The Kier molecular flexibility index (Phi) is 5.31. The highest BCUT2D eigenvalue weighted by Crippen LogP contribution is 2.16. The van der Waals surface area contributed by atoms with Crippen molar-refractivity contribution < 1.29 is 14.3 Å². The van der Waals surface area contributed by atoms with Gasteiger partial charge in [-0.3, -0.25) is 4.79 Å². The minimum Gasteiger partial charge on any atom is -0.465 e. The highest BCUT2D eigenvalue weighted by atomic mass is 16.5. The number of anilines is 2. The zero-order valence-electron chi connectivity index (χ0n) is 12.5. The first kappa shape index (κ1) is 16.0. The first-order chi connectivity index (χ1) is 11.1. The second-order valence-corrected chi connectivity index (χ2v) is 4.63. The molecule has 23 heavy (non-hydrogen) atoms. The number of methoxy groups -OCH3 is 1. The van der Waals surface area contributed by atoms with Crippen molar-refractivity contribution in [2.24, 2.45) is 0 Å². The molecule has 0 fully saturated rings. The van der Waals surface area contributed by atoms with E-state index in [0.717, 1.165) is 0 Å². The van der Waals surface area contributed by atoms with Gasteiger partial charge in [0.15, 0.2) is 0 Å². The summed E-state index contributed by atoms with van der Waals surface area (Å²) in [6.07, 6.45) is 0. The summed E-state index contributed by atoms with van der Waals surface area (Å²) >= 11 is 0. The molecule has 0 bridgehead atoms. The summed E-state index contributed by atoms with van der Waals surface area (Å²) in [7, 11) is 1.30. The zero-order chi connectivity index (χ0) is 16.7. The predicted molar refractivity (Wildman–Crippen MR) is 86.1 cm³/mol. The molecule has 0 saturated heterocycles. The van der Waals surface area contributed by atoms with Crippen LogP contribution >= 0.6 is 0 Å². The molecule has 2 rings (SSSR count). The number of nitrogens with one attached hydrogen (secondary N) is 2. The van der Waals surface area contributed by atoms with Crippen LogP contribution in [0.15, 0.2) is 48.5 Å². The summed E-state index contributed by atoms with van der Waals surface area (Å²) < 4.78 is 4.70. The minimum absolute atomic E-state index is 0.00594. The van der Waals surface area contributed by atoms with E-state index in [1.807, 2.05) is 6.07 Å². The molecule has 0 unspecified atom stereocenters. The number of hydrogen-bond donors (Lipinski definition) is 2. The maximum atomic E-state index is 11.9. The van der Waals surface area contributed by atoms with Gasteiger partial charge in [-0.1, -0.05) is 12.1 Å². The largest absolute Gasteiger partial charge is 0.465 e. The molecule has 6 nitrogen and oxygen atoms in total. The van der Waals surface area contributed by atoms with E-state index in [2.05, 4.69) is 10.6 Å². The number of carbonyl (C=O) groups excluding carboxylic acids is 2. The van der Waals surface area contributed by atoms with E-state index in [9.17, 15) is 9.59 Å². The second kappa shape index (κ2) is 7.61. The highest BCUT2D eigenvalue weighted by molar-refractivity contribution is 5.98. The first-order valence-corrected chi connectivity index (χ1v) is 6.85. The van der Waals surface area contributed by atoms with Crippen LogP contribution in [0, 0.1) is 11.3 Å². The van der Waals surface area contributed by atoms with E-state index >= 15 is 0 Å². The Morgan fingerprint density at radius 3 is 2.48 bits per heavy atom. The van der Waals surface area contributed by atoms with Crippen LogP contribution in [0.4, 0.5) is 11.4 Å². The molecule has 0 aliphatic carbocycles. The molecule has 2 aromatic carbocycles. The number of nitriles is 1. The smallest absolute Gasteiger partial charge is 0.339 e. The Morgan fingerprint density at radius 2 is 1.83 bits per heavy atom. The van der Waals surface area contributed by atoms with Crippen molar-refractivity contribution in [2.75, 3.05) is 24.3 Å². The quantitative estimate of drug-likeness (QED) is 0.828. The molecule has 0 heterocycles. The summed E-state index contributed by atoms with van der Waals surface area (Å²) in [5.41, 5.74) is 2.00. The standard InChI is InChI=1S/C17H15N3O3/c1-23-17(22)14-4-2-3-5-15(14)19-11-16(21)20-13-8-6-12(10-18)7-9-13/h2-9,19H,11H2,1H3,(H,20,21). The van der Waals surface area contributed by atoms with E-state index in [-0.39, 0.29) is 12.5 Å². The van der Waals surface area contributed by atoms with Gasteiger partial charge in [0.25, 0.3) is 0 Å². The number of benzene rings is 2. The number of amides is 1. The highest BCUT2D eigenvalue weighted by Gasteiger charge is 2.11. The third kappa shape index (κ3) is 4.32. The molecular formula is C17H15N3O3. The number of esters is 1. The van der Waals surface area contributed by atoms with Gasteiger partial charge in [0.2, 0.25) is 5.91 Å². The van der Waals surface area contributed by atoms with Gasteiger partial charge >= 0.3 is 5.97 Å². The lowest BCUT2D eigenvalue weighted by Crippen LogP contribution is -2.22. The number of carbonyl (C=O) groups is 2. The Morgan fingerprint density at radius 1 is 1.13 bits per heavy atom. The van der Waals surface area contributed by atoms with Crippen LogP contribution < -0.4 is 10.6 Å². The normalized spacial score (nSPS) is 9.57. The van der Waals surface area contributed by atoms with Gasteiger partial charge in [-0.25, -0.2) is 4.79 Å². The van der Waals surface area contributed by atoms with Crippen molar-refractivity contribution in [3.8, 4) is 6.07 Å². The molecule has 2 N–H and O–H groups in total. The average molecular weight is 309 g/mol. The van der Waals surface area contributed by atoms with Gasteiger partial charge in [0.05, 0.1) is 30.9 Å². The molecular weight excluding hydrogens is 294 g/mol. The van der Waals surface area contributed by atoms with Gasteiger partial charge in [0.1, 0.15) is 0 Å². The van der Waals surface area contributed by atoms with Crippen LogP contribution in [-0.2, 0) is 9.53 Å². The third-order valence-electron chi connectivity index (χ3n) is 3.07. The fourth-order valence-electron chi connectivity index (χ4n) is 1.93. The average Bonchev–Trinajstić information content (AvgIpc) is 2.60. The lowest BCUT2D eigenvalue weighted by atomic mass is 10.2. The Balaban J connectivity index is 1.97. The van der Waals surface area contributed by atoms with Gasteiger partial charge in [-0.2, -0.15) is 5.26 Å². The van der Waals surface area contributed by atoms with Crippen LogP contribution in [-0.4, -0.2) is 25.5 Å². The number of hydrogen-bond acceptors (Lipinski definition) is 5. The lowest BCUT2D eigenvalue weighted by Gasteiger charge is -2.11. The molecule has 0 aromatic heterocycles. The molecule has 1 amide bonds. The van der Waals surface area contributed by atoms with E-state index in [1.54, 1.807) is 48.5 Å². The zero-order valence-corrected chi connectivity index (χ0v) is 12.5. The molecule has 0 atom stereocenters. The number of nitrogens with zero attached hydrogens (tertiary/aromatic N) is 1. The topological polar surface area (TPSA) is 91.2 Å². The van der Waals surface area contributed by atoms with Crippen LogP contribution in [0.3, 0.4) is 0 Å². The molecule has 116 valence electrons. The summed E-state index contributed by atoms with van der Waals surface area (Å²) in [5, 5.41) is 14.3. The van der Waals surface area contributed by atoms with Gasteiger partial charge in [-0.15, -0.1) is 0 Å². The summed E-state index contributed by atoms with van der Waals surface area (Å²) in [5.74, 6) is -0.741. The van der Waals surface area contributed by atoms with Crippen molar-refractivity contribution in [1.82, 2.24) is 0 Å². The maximum absolute atomic E-state index is 11.9. The summed E-state index contributed by atoms with van der Waals surface area (Å²) in [6.45, 7) is -0.00594. The number of ether oxygens (including phenoxy) is 1. The van der Waals surface area contributed by atoms with Crippen molar-refractivity contribution in [3.63, 3.8) is 0 Å². The molecule has 2 aromatic rings. The van der Waals surface area contributed by atoms with Crippen LogP contribution in [0.1, 0.15) is 15.9 Å². The van der Waals surface area contributed by atoms with E-state index in [4.69, 9.17) is 10.00 Å². The van der Waals surface area contributed by atoms with E-state index in [0.29, 0.717) is 22.5 Å². The van der Waals surface area contributed by atoms with Crippen molar-refractivity contribution in [3.05, 3.63) is 59.7 Å². The fraction of sp³-hybridized carbons (Fsp3) is 0.118. The van der Waals surface area contributed by atoms with Crippen LogP contribution in [0.25, 0.3) is 0 Å². The summed E-state index contributed by atoms with van der Waals surface area (Å²) in [6, 6.07) is 15.3. The van der Waals surface area contributed by atoms with Gasteiger partial charge in [0, 0.05) is 11.4 Å². The fourth-order valence-corrected chi connectivity index (χ4v) is 1.93. The molecule has 0 spiro atoms. The van der Waals surface area contributed by atoms with Crippen LogP contribution in [0.2, 0.25) is 0 Å². The van der Waals surface area contributed by atoms with Crippen molar-refractivity contribution in [2.45, 2.75) is 0 Å². The monoisotopic (exact) mass is 309 g/mol. The Bertz CT molecular complexity index is 748. The Labute approximate surface area is 133 Å². The molecule has 6 heteroatoms. The SMILES string of the molecule is COC(=O)c1ccccc1NCC(=O)Nc1ccc(C#N)cc1. The molecule has 0 radical (unpaired) electrons. The summed E-state index contributed by atoms with van der Waals surface area (Å²) in [4.78, 5) is 23.6. The predicted octanol–water partition coefficient (Wildman–Crippen LogP) is 2.40. The Hall–Kier alpha value is -3.33. The molecule has 0 saturated carbocycles. The number of para-hydroxylation sites is 1. The van der Waals surface area contributed by atoms with Crippen molar-refractivity contribution in [1.29, 1.82) is 5.26 Å². The van der Waals surface area contributed by atoms with E-state index in [1.165, 1.54) is 7.11 Å². The number of rotatable bonds is 5. The molecule has 0 aliphatic heterocycles. The lowest BCUT2D eigenvalue weighted by molar-refractivity contribution is -0.114. The van der Waals surface area contributed by atoms with Gasteiger partial charge < -0.3 is 15.4 Å². The third-order valence-corrected chi connectivity index (χ3v) is 3.07. The van der Waals surface area contributed by atoms with Gasteiger partial charge in [-0.05, 0) is 36.4 Å². The van der Waals surface area contributed by atoms with E-state index < -0.39 is 5.97 Å². The first-order valence-electron chi connectivity index (χ1n) is 6.85.